The average molecular weight is 295 g/mol. The van der Waals surface area contributed by atoms with E-state index in [-0.39, 0.29) is 6.54 Å². The van der Waals surface area contributed by atoms with Crippen LogP contribution in [0.15, 0.2) is 18.2 Å². The number of nitrogens with zero attached hydrogens (tertiary/aromatic N) is 1. The topological polar surface area (TPSA) is 15.3 Å². The lowest BCUT2D eigenvalue weighted by molar-refractivity contribution is -0.119. The van der Waals surface area contributed by atoms with Crippen molar-refractivity contribution in [2.75, 3.05) is 24.5 Å². The van der Waals surface area contributed by atoms with Crippen molar-refractivity contribution in [2.45, 2.75) is 26.6 Å². The molecular weight excluding hydrogens is 277 g/mol. The quantitative estimate of drug-likeness (QED) is 0.857. The lowest BCUT2D eigenvalue weighted by atomic mass is 10.2. The molecule has 1 aromatic carbocycles. The highest BCUT2D eigenvalue weighted by Crippen LogP contribution is 2.29. The molecule has 1 rings (SSSR count). The lowest BCUT2D eigenvalue weighted by Crippen LogP contribution is -2.34. The summed E-state index contributed by atoms with van der Waals surface area (Å²) in [6.07, 6.45) is -4.23. The molecule has 1 N–H and O–H groups in total. The molecular formula is C13H18ClF3N2. The van der Waals surface area contributed by atoms with E-state index in [4.69, 9.17) is 11.6 Å². The Bertz CT molecular complexity index is 407. The molecule has 0 aliphatic rings. The SMILES string of the molecule is CCNCc1ccc(N(CC)CC(F)(F)F)c(Cl)c1. The third-order valence-electron chi connectivity index (χ3n) is 2.68. The van der Waals surface area contributed by atoms with Gasteiger partial charge in [-0.15, -0.1) is 0 Å². The highest BCUT2D eigenvalue weighted by atomic mass is 35.5. The molecule has 0 heterocycles. The summed E-state index contributed by atoms with van der Waals surface area (Å²) in [5.74, 6) is 0. The Balaban J connectivity index is 2.87. The second kappa shape index (κ2) is 7.01. The zero-order valence-electron chi connectivity index (χ0n) is 11.0. The van der Waals surface area contributed by atoms with Crippen molar-refractivity contribution in [3.63, 3.8) is 0 Å². The summed E-state index contributed by atoms with van der Waals surface area (Å²) in [5.41, 5.74) is 1.38. The van der Waals surface area contributed by atoms with Crippen molar-refractivity contribution in [3.8, 4) is 0 Å². The maximum absolute atomic E-state index is 12.5. The van der Waals surface area contributed by atoms with Gasteiger partial charge in [-0.3, -0.25) is 0 Å². The third-order valence-corrected chi connectivity index (χ3v) is 2.99. The average Bonchev–Trinajstić information content (AvgIpc) is 2.33. The van der Waals surface area contributed by atoms with E-state index in [2.05, 4.69) is 5.32 Å². The van der Waals surface area contributed by atoms with Gasteiger partial charge in [0, 0.05) is 13.1 Å². The van der Waals surface area contributed by atoms with Gasteiger partial charge < -0.3 is 10.2 Å². The highest BCUT2D eigenvalue weighted by Gasteiger charge is 2.30. The van der Waals surface area contributed by atoms with E-state index >= 15 is 0 Å². The molecule has 108 valence electrons. The first-order valence-corrected chi connectivity index (χ1v) is 6.56. The largest absolute Gasteiger partial charge is 0.405 e. The Morgan fingerprint density at radius 3 is 2.42 bits per heavy atom. The van der Waals surface area contributed by atoms with Crippen LogP contribution in [0.5, 0.6) is 0 Å². The van der Waals surface area contributed by atoms with Crippen molar-refractivity contribution in [3.05, 3.63) is 28.8 Å². The molecule has 0 radical (unpaired) electrons. The Labute approximate surface area is 116 Å². The molecule has 0 saturated carbocycles. The number of halogens is 4. The minimum atomic E-state index is -4.23. The summed E-state index contributed by atoms with van der Waals surface area (Å²) >= 11 is 6.07. The van der Waals surface area contributed by atoms with Crippen LogP contribution in [0, 0.1) is 0 Å². The van der Waals surface area contributed by atoms with E-state index in [1.54, 1.807) is 25.1 Å². The van der Waals surface area contributed by atoms with Gasteiger partial charge in [-0.25, -0.2) is 0 Å². The fraction of sp³-hybridized carbons (Fsp3) is 0.538. The summed E-state index contributed by atoms with van der Waals surface area (Å²) in [4.78, 5) is 1.22. The van der Waals surface area contributed by atoms with Gasteiger partial charge in [-0.2, -0.15) is 13.2 Å². The van der Waals surface area contributed by atoms with Crippen LogP contribution < -0.4 is 10.2 Å². The molecule has 0 bridgehead atoms. The molecule has 0 amide bonds. The van der Waals surface area contributed by atoms with Crippen LogP contribution >= 0.6 is 11.6 Å². The Hall–Kier alpha value is -0.940. The maximum Gasteiger partial charge on any atom is 0.405 e. The van der Waals surface area contributed by atoms with Gasteiger partial charge in [0.05, 0.1) is 10.7 Å². The van der Waals surface area contributed by atoms with Crippen LogP contribution in [0.2, 0.25) is 5.02 Å². The number of hydrogen-bond acceptors (Lipinski definition) is 2. The summed E-state index contributed by atoms with van der Waals surface area (Å²) in [6.45, 7) is 4.41. The van der Waals surface area contributed by atoms with Crippen LogP contribution in [0.1, 0.15) is 19.4 Å². The van der Waals surface area contributed by atoms with Crippen LogP contribution in [0.3, 0.4) is 0 Å². The Morgan fingerprint density at radius 1 is 1.26 bits per heavy atom. The van der Waals surface area contributed by atoms with Gasteiger partial charge >= 0.3 is 6.18 Å². The van der Waals surface area contributed by atoms with E-state index in [9.17, 15) is 13.2 Å². The van der Waals surface area contributed by atoms with Crippen molar-refractivity contribution < 1.29 is 13.2 Å². The fourth-order valence-corrected chi connectivity index (χ4v) is 2.09. The second-order valence-electron chi connectivity index (χ2n) is 4.20. The summed E-state index contributed by atoms with van der Waals surface area (Å²) in [6, 6.07) is 5.14. The van der Waals surface area contributed by atoms with E-state index < -0.39 is 12.7 Å². The molecule has 0 spiro atoms. The van der Waals surface area contributed by atoms with E-state index in [0.717, 1.165) is 12.1 Å². The first kappa shape index (κ1) is 16.1. The van der Waals surface area contributed by atoms with E-state index in [1.807, 2.05) is 6.92 Å². The molecule has 0 atom stereocenters. The van der Waals surface area contributed by atoms with Crippen LogP contribution in [-0.2, 0) is 6.54 Å². The fourth-order valence-electron chi connectivity index (χ4n) is 1.77. The number of hydrogen-bond donors (Lipinski definition) is 1. The van der Waals surface area contributed by atoms with Crippen molar-refractivity contribution in [1.29, 1.82) is 0 Å². The van der Waals surface area contributed by atoms with Gasteiger partial charge in [0.15, 0.2) is 0 Å². The molecule has 0 fully saturated rings. The number of benzene rings is 1. The van der Waals surface area contributed by atoms with Crippen LogP contribution in [-0.4, -0.2) is 25.8 Å². The minimum absolute atomic E-state index is 0.256. The molecule has 0 unspecified atom stereocenters. The molecule has 2 nitrogen and oxygen atoms in total. The lowest BCUT2D eigenvalue weighted by Gasteiger charge is -2.25. The summed E-state index contributed by atoms with van der Waals surface area (Å²) in [5, 5.41) is 3.49. The predicted octanol–water partition coefficient (Wildman–Crippen LogP) is 3.84. The highest BCUT2D eigenvalue weighted by molar-refractivity contribution is 6.33. The van der Waals surface area contributed by atoms with Gasteiger partial charge in [-0.05, 0) is 31.2 Å². The third kappa shape index (κ3) is 5.28. The van der Waals surface area contributed by atoms with Gasteiger partial charge in [0.2, 0.25) is 0 Å². The summed E-state index contributed by atoms with van der Waals surface area (Å²) in [7, 11) is 0. The first-order chi connectivity index (χ1) is 8.87. The summed E-state index contributed by atoms with van der Waals surface area (Å²) < 4.78 is 37.4. The molecule has 0 saturated heterocycles. The Kier molecular flexibility index (Phi) is 5.94. The minimum Gasteiger partial charge on any atom is -0.362 e. The smallest absolute Gasteiger partial charge is 0.362 e. The normalized spacial score (nSPS) is 11.7. The number of anilines is 1. The molecule has 0 aromatic heterocycles. The first-order valence-electron chi connectivity index (χ1n) is 6.18. The molecule has 0 aliphatic heterocycles. The zero-order valence-corrected chi connectivity index (χ0v) is 11.8. The molecule has 1 aromatic rings. The Morgan fingerprint density at radius 2 is 1.95 bits per heavy atom. The monoisotopic (exact) mass is 294 g/mol. The van der Waals surface area contributed by atoms with E-state index in [0.29, 0.717) is 17.3 Å². The van der Waals surface area contributed by atoms with Gasteiger partial charge in [0.1, 0.15) is 6.54 Å². The van der Waals surface area contributed by atoms with Gasteiger partial charge in [-0.1, -0.05) is 24.6 Å². The molecule has 0 aliphatic carbocycles. The number of alkyl halides is 3. The van der Waals surface area contributed by atoms with E-state index in [1.165, 1.54) is 4.90 Å². The second-order valence-corrected chi connectivity index (χ2v) is 4.60. The number of rotatable bonds is 6. The molecule has 19 heavy (non-hydrogen) atoms. The van der Waals surface area contributed by atoms with Crippen LogP contribution in [0.25, 0.3) is 0 Å². The van der Waals surface area contributed by atoms with Crippen molar-refractivity contribution in [1.82, 2.24) is 5.32 Å². The molecule has 6 heteroatoms. The maximum atomic E-state index is 12.5. The number of nitrogens with one attached hydrogen (secondary N) is 1. The standard InChI is InChI=1S/C13H18ClF3N2/c1-3-18-8-10-5-6-12(11(14)7-10)19(4-2)9-13(15,16)17/h5-7,18H,3-4,8-9H2,1-2H3. The predicted molar refractivity (Wildman–Crippen MR) is 72.8 cm³/mol. The zero-order chi connectivity index (χ0) is 14.5. The van der Waals surface area contributed by atoms with Crippen molar-refractivity contribution >= 4 is 17.3 Å². The van der Waals surface area contributed by atoms with Crippen LogP contribution in [0.4, 0.5) is 18.9 Å². The van der Waals surface area contributed by atoms with Gasteiger partial charge in [0.25, 0.3) is 0 Å². The van der Waals surface area contributed by atoms with Crippen molar-refractivity contribution in [2.24, 2.45) is 0 Å².